The third-order valence-electron chi connectivity index (χ3n) is 3.04. The fraction of sp³-hybridized carbons (Fsp3) is 0.545. The second kappa shape index (κ2) is 5.07. The van der Waals surface area contributed by atoms with Gasteiger partial charge in [-0.25, -0.2) is 0 Å². The Morgan fingerprint density at radius 1 is 1.28 bits per heavy atom. The summed E-state index contributed by atoms with van der Waals surface area (Å²) in [5, 5.41) is 3.97. The number of piperazine rings is 1. The first-order valence-electron chi connectivity index (χ1n) is 5.88. The van der Waals surface area contributed by atoms with Crippen LogP contribution in [0.3, 0.4) is 0 Å². The van der Waals surface area contributed by atoms with Crippen LogP contribution in [0.25, 0.3) is 0 Å². The monoisotopic (exact) mass is 251 g/mol. The van der Waals surface area contributed by atoms with Crippen molar-refractivity contribution in [3.63, 3.8) is 0 Å². The number of aromatic nitrogens is 2. The van der Waals surface area contributed by atoms with Crippen molar-refractivity contribution in [2.45, 2.75) is 13.5 Å². The van der Waals surface area contributed by atoms with E-state index in [9.17, 15) is 9.59 Å². The molecular weight excluding hydrogens is 234 g/mol. The van der Waals surface area contributed by atoms with Gasteiger partial charge in [0, 0.05) is 39.3 Å². The summed E-state index contributed by atoms with van der Waals surface area (Å²) in [5.74, 6) is 0.465. The van der Waals surface area contributed by atoms with Gasteiger partial charge >= 0.3 is 0 Å². The number of carbonyl (C=O) groups is 2. The lowest BCUT2D eigenvalue weighted by atomic mass is 10.3. The normalized spacial score (nSPS) is 15.8. The summed E-state index contributed by atoms with van der Waals surface area (Å²) in [6, 6.07) is 1.65. The molecule has 1 aliphatic rings. The van der Waals surface area contributed by atoms with Crippen molar-refractivity contribution in [2.24, 2.45) is 0 Å². The van der Waals surface area contributed by atoms with E-state index < -0.39 is 0 Å². The standard InChI is InChI=1S/C11H17N5O2/c1-9(17)14-4-6-15(7-5-14)11(18)8-16-3-2-10(12)13-16/h2-3H,4-8H2,1H3,(H2,12,13). The minimum absolute atomic E-state index is 0.00121. The van der Waals surface area contributed by atoms with Crippen molar-refractivity contribution in [1.82, 2.24) is 19.6 Å². The van der Waals surface area contributed by atoms with Crippen molar-refractivity contribution in [1.29, 1.82) is 0 Å². The van der Waals surface area contributed by atoms with Crippen molar-refractivity contribution < 1.29 is 9.59 Å². The molecule has 2 N–H and O–H groups in total. The van der Waals surface area contributed by atoms with E-state index in [0.29, 0.717) is 32.0 Å². The molecule has 2 rings (SSSR count). The molecule has 0 bridgehead atoms. The highest BCUT2D eigenvalue weighted by Crippen LogP contribution is 2.04. The topological polar surface area (TPSA) is 84.5 Å². The third-order valence-corrected chi connectivity index (χ3v) is 3.04. The minimum Gasteiger partial charge on any atom is -0.382 e. The van der Waals surface area contributed by atoms with Crippen molar-refractivity contribution in [3.8, 4) is 0 Å². The molecule has 7 nitrogen and oxygen atoms in total. The van der Waals surface area contributed by atoms with Crippen LogP contribution in [0.1, 0.15) is 6.92 Å². The van der Waals surface area contributed by atoms with E-state index in [-0.39, 0.29) is 18.4 Å². The predicted octanol–water partition coefficient (Wildman–Crippen LogP) is -0.844. The third kappa shape index (κ3) is 2.79. The highest BCUT2D eigenvalue weighted by atomic mass is 16.2. The summed E-state index contributed by atoms with van der Waals surface area (Å²) in [6.07, 6.45) is 1.68. The second-order valence-corrected chi connectivity index (χ2v) is 4.33. The summed E-state index contributed by atoms with van der Waals surface area (Å²) < 4.78 is 1.52. The van der Waals surface area contributed by atoms with E-state index in [0.717, 1.165) is 0 Å². The molecule has 7 heteroatoms. The van der Waals surface area contributed by atoms with Gasteiger partial charge in [-0.05, 0) is 6.07 Å². The largest absolute Gasteiger partial charge is 0.382 e. The van der Waals surface area contributed by atoms with Gasteiger partial charge in [0.2, 0.25) is 11.8 Å². The lowest BCUT2D eigenvalue weighted by molar-refractivity contribution is -0.138. The van der Waals surface area contributed by atoms with Crippen LogP contribution >= 0.6 is 0 Å². The quantitative estimate of drug-likeness (QED) is 0.742. The van der Waals surface area contributed by atoms with Gasteiger partial charge in [-0.1, -0.05) is 0 Å². The molecule has 1 aromatic rings. The van der Waals surface area contributed by atoms with Gasteiger partial charge in [0.05, 0.1) is 0 Å². The Bertz CT molecular complexity index is 448. The number of rotatable bonds is 2. The molecule has 18 heavy (non-hydrogen) atoms. The van der Waals surface area contributed by atoms with E-state index in [1.54, 1.807) is 29.0 Å². The summed E-state index contributed by atoms with van der Waals surface area (Å²) in [4.78, 5) is 26.6. The van der Waals surface area contributed by atoms with Gasteiger partial charge in [0.1, 0.15) is 12.4 Å². The number of nitrogens with zero attached hydrogens (tertiary/aromatic N) is 4. The Morgan fingerprint density at radius 2 is 1.89 bits per heavy atom. The SMILES string of the molecule is CC(=O)N1CCN(C(=O)Cn2ccc(N)n2)CC1. The fourth-order valence-electron chi connectivity index (χ4n) is 1.97. The summed E-state index contributed by atoms with van der Waals surface area (Å²) >= 11 is 0. The zero-order chi connectivity index (χ0) is 13.1. The van der Waals surface area contributed by atoms with Crippen LogP contribution in [0.2, 0.25) is 0 Å². The van der Waals surface area contributed by atoms with Crippen LogP contribution in [-0.2, 0) is 16.1 Å². The molecule has 98 valence electrons. The van der Waals surface area contributed by atoms with E-state index in [1.807, 2.05) is 0 Å². The molecule has 0 spiro atoms. The number of nitrogen functional groups attached to an aromatic ring is 1. The van der Waals surface area contributed by atoms with Crippen molar-refractivity contribution >= 4 is 17.6 Å². The molecule has 1 aliphatic heterocycles. The van der Waals surface area contributed by atoms with Gasteiger partial charge in [0.15, 0.2) is 0 Å². The zero-order valence-corrected chi connectivity index (χ0v) is 10.4. The molecule has 0 radical (unpaired) electrons. The maximum Gasteiger partial charge on any atom is 0.244 e. The van der Waals surface area contributed by atoms with E-state index in [1.165, 1.54) is 4.68 Å². The number of anilines is 1. The molecule has 2 heterocycles. The molecule has 0 aliphatic carbocycles. The fourth-order valence-corrected chi connectivity index (χ4v) is 1.97. The second-order valence-electron chi connectivity index (χ2n) is 4.33. The number of carbonyl (C=O) groups excluding carboxylic acids is 2. The Balaban J connectivity index is 1.86. The summed E-state index contributed by atoms with van der Waals surface area (Å²) in [6.45, 7) is 4.09. The lowest BCUT2D eigenvalue weighted by Crippen LogP contribution is -2.50. The number of hydrogen-bond donors (Lipinski definition) is 1. The lowest BCUT2D eigenvalue weighted by Gasteiger charge is -2.34. The molecule has 1 saturated heterocycles. The summed E-state index contributed by atoms with van der Waals surface area (Å²) in [5.41, 5.74) is 5.48. The Labute approximate surface area is 105 Å². The molecule has 0 saturated carbocycles. The average molecular weight is 251 g/mol. The Kier molecular flexibility index (Phi) is 3.50. The van der Waals surface area contributed by atoms with Crippen LogP contribution in [0.15, 0.2) is 12.3 Å². The number of amides is 2. The van der Waals surface area contributed by atoms with E-state index in [2.05, 4.69) is 5.10 Å². The smallest absolute Gasteiger partial charge is 0.244 e. The molecule has 0 atom stereocenters. The van der Waals surface area contributed by atoms with Crippen LogP contribution in [-0.4, -0.2) is 57.6 Å². The number of nitrogens with two attached hydrogens (primary N) is 1. The van der Waals surface area contributed by atoms with Crippen LogP contribution in [0, 0.1) is 0 Å². The van der Waals surface area contributed by atoms with Gasteiger partial charge in [-0.3, -0.25) is 14.3 Å². The van der Waals surface area contributed by atoms with Crippen molar-refractivity contribution in [3.05, 3.63) is 12.3 Å². The van der Waals surface area contributed by atoms with Crippen LogP contribution in [0.5, 0.6) is 0 Å². The van der Waals surface area contributed by atoms with Gasteiger partial charge < -0.3 is 15.5 Å². The highest BCUT2D eigenvalue weighted by Gasteiger charge is 2.22. The molecule has 1 fully saturated rings. The maximum atomic E-state index is 12.0. The average Bonchev–Trinajstić information content (AvgIpc) is 2.75. The zero-order valence-electron chi connectivity index (χ0n) is 10.4. The first kappa shape index (κ1) is 12.4. The molecule has 0 aromatic carbocycles. The van der Waals surface area contributed by atoms with Crippen LogP contribution in [0.4, 0.5) is 5.82 Å². The first-order valence-corrected chi connectivity index (χ1v) is 5.88. The predicted molar refractivity (Wildman–Crippen MR) is 65.5 cm³/mol. The summed E-state index contributed by atoms with van der Waals surface area (Å²) in [7, 11) is 0. The molecular formula is C11H17N5O2. The van der Waals surface area contributed by atoms with Gasteiger partial charge in [-0.15, -0.1) is 0 Å². The first-order chi connectivity index (χ1) is 8.56. The van der Waals surface area contributed by atoms with Crippen LogP contribution < -0.4 is 5.73 Å². The Hall–Kier alpha value is -2.05. The van der Waals surface area contributed by atoms with Gasteiger partial charge in [-0.2, -0.15) is 5.10 Å². The minimum atomic E-state index is 0.00121. The molecule has 2 amide bonds. The maximum absolute atomic E-state index is 12.0. The van der Waals surface area contributed by atoms with Crippen molar-refractivity contribution in [2.75, 3.05) is 31.9 Å². The highest BCUT2D eigenvalue weighted by molar-refractivity contribution is 5.77. The Morgan fingerprint density at radius 3 is 2.39 bits per heavy atom. The number of hydrogen-bond acceptors (Lipinski definition) is 4. The molecule has 1 aromatic heterocycles. The molecule has 0 unspecified atom stereocenters. The van der Waals surface area contributed by atoms with E-state index >= 15 is 0 Å². The van der Waals surface area contributed by atoms with Gasteiger partial charge in [0.25, 0.3) is 0 Å². The van der Waals surface area contributed by atoms with E-state index in [4.69, 9.17) is 5.73 Å².